The molecule has 0 atom stereocenters. The van der Waals surface area contributed by atoms with Crippen molar-refractivity contribution in [1.29, 1.82) is 0 Å². The van der Waals surface area contributed by atoms with Gasteiger partial charge in [-0.3, -0.25) is 14.5 Å². The van der Waals surface area contributed by atoms with Gasteiger partial charge in [0.05, 0.1) is 23.6 Å². The van der Waals surface area contributed by atoms with Gasteiger partial charge in [-0.1, -0.05) is 46.8 Å². The standard InChI is InChI=1S/C21H14Cl3NO4S/c1-3-6-25-20(26)18(30-21(25)27)9-12-7-16(24)19(17(8-12)28-2)29-11-13-4-5-14(22)10-15(13)23/h1,4-5,7-10H,6,11H2,2H3/b18-9-. The molecule has 0 N–H and O–H groups in total. The summed E-state index contributed by atoms with van der Waals surface area (Å²) in [6, 6.07) is 8.35. The first kappa shape index (κ1) is 22.4. The van der Waals surface area contributed by atoms with Gasteiger partial charge in [0.25, 0.3) is 11.1 Å². The fraction of sp³-hybridized carbons (Fsp3) is 0.143. The quantitative estimate of drug-likeness (QED) is 0.379. The van der Waals surface area contributed by atoms with Gasteiger partial charge in [0, 0.05) is 15.6 Å². The van der Waals surface area contributed by atoms with Crippen molar-refractivity contribution in [2.24, 2.45) is 0 Å². The Morgan fingerprint density at radius 3 is 2.60 bits per heavy atom. The zero-order valence-corrected chi connectivity index (χ0v) is 18.7. The number of imide groups is 1. The van der Waals surface area contributed by atoms with E-state index in [2.05, 4.69) is 5.92 Å². The molecule has 2 aromatic rings. The molecule has 0 aromatic heterocycles. The van der Waals surface area contributed by atoms with Crippen LogP contribution in [-0.4, -0.2) is 29.7 Å². The van der Waals surface area contributed by atoms with Crippen LogP contribution in [0.25, 0.3) is 6.08 Å². The van der Waals surface area contributed by atoms with Crippen molar-refractivity contribution in [2.45, 2.75) is 6.61 Å². The third-order valence-corrected chi connectivity index (χ3v) is 5.83. The number of terminal acetylenes is 1. The van der Waals surface area contributed by atoms with Gasteiger partial charge in [0.1, 0.15) is 6.61 Å². The monoisotopic (exact) mass is 481 g/mol. The second-order valence-electron chi connectivity index (χ2n) is 6.03. The van der Waals surface area contributed by atoms with Crippen molar-refractivity contribution in [1.82, 2.24) is 4.90 Å². The number of benzene rings is 2. The van der Waals surface area contributed by atoms with E-state index in [-0.39, 0.29) is 23.1 Å². The molecule has 0 saturated carbocycles. The Hall–Kier alpha value is -2.30. The molecule has 5 nitrogen and oxygen atoms in total. The summed E-state index contributed by atoms with van der Waals surface area (Å²) in [5.74, 6) is 2.53. The number of carbonyl (C=O) groups excluding carboxylic acids is 2. The molecular weight excluding hydrogens is 469 g/mol. The van der Waals surface area contributed by atoms with Crippen molar-refractivity contribution in [2.75, 3.05) is 13.7 Å². The third kappa shape index (κ3) is 4.88. The second kappa shape index (κ2) is 9.67. The molecule has 0 unspecified atom stereocenters. The third-order valence-electron chi connectivity index (χ3n) is 4.06. The van der Waals surface area contributed by atoms with Crippen LogP contribution in [0.1, 0.15) is 11.1 Å². The smallest absolute Gasteiger partial charge is 0.294 e. The molecule has 0 spiro atoms. The lowest BCUT2D eigenvalue weighted by Gasteiger charge is -2.14. The van der Waals surface area contributed by atoms with E-state index in [1.807, 2.05) is 0 Å². The summed E-state index contributed by atoms with van der Waals surface area (Å²) in [5, 5.41) is 0.850. The average molecular weight is 483 g/mol. The minimum absolute atomic E-state index is 0.0773. The molecule has 0 bridgehead atoms. The number of rotatable bonds is 6. The first-order chi connectivity index (χ1) is 14.3. The lowest BCUT2D eigenvalue weighted by Crippen LogP contribution is -2.28. The molecule has 1 fully saturated rings. The maximum atomic E-state index is 12.3. The minimum Gasteiger partial charge on any atom is -0.493 e. The predicted octanol–water partition coefficient (Wildman–Crippen LogP) is 5.90. The summed E-state index contributed by atoms with van der Waals surface area (Å²) in [7, 11) is 1.47. The van der Waals surface area contributed by atoms with Gasteiger partial charge in [-0.05, 0) is 47.7 Å². The van der Waals surface area contributed by atoms with Gasteiger partial charge in [0.15, 0.2) is 11.5 Å². The normalized spacial score (nSPS) is 14.9. The Balaban J connectivity index is 1.85. The Kier molecular flexibility index (Phi) is 7.22. The highest BCUT2D eigenvalue weighted by Crippen LogP contribution is 2.39. The number of hydrogen-bond acceptors (Lipinski definition) is 5. The molecule has 154 valence electrons. The molecule has 0 radical (unpaired) electrons. The first-order valence-corrected chi connectivity index (χ1v) is 10.4. The highest BCUT2D eigenvalue weighted by molar-refractivity contribution is 8.18. The fourth-order valence-electron chi connectivity index (χ4n) is 2.63. The van der Waals surface area contributed by atoms with E-state index in [9.17, 15) is 9.59 Å². The summed E-state index contributed by atoms with van der Waals surface area (Å²) in [6.07, 6.45) is 6.76. The molecule has 30 heavy (non-hydrogen) atoms. The van der Waals surface area contributed by atoms with E-state index in [4.69, 9.17) is 50.7 Å². The minimum atomic E-state index is -0.448. The molecule has 0 aliphatic carbocycles. The SMILES string of the molecule is C#CCN1C(=O)S/C(=C\c2cc(Cl)c(OCc3ccc(Cl)cc3Cl)c(OC)c2)C1=O. The van der Waals surface area contributed by atoms with Crippen LogP contribution in [-0.2, 0) is 11.4 Å². The lowest BCUT2D eigenvalue weighted by molar-refractivity contribution is -0.122. The molecule has 2 aromatic carbocycles. The van der Waals surface area contributed by atoms with E-state index >= 15 is 0 Å². The van der Waals surface area contributed by atoms with E-state index < -0.39 is 11.1 Å². The first-order valence-electron chi connectivity index (χ1n) is 8.47. The van der Waals surface area contributed by atoms with Crippen LogP contribution >= 0.6 is 46.6 Å². The van der Waals surface area contributed by atoms with Gasteiger partial charge < -0.3 is 9.47 Å². The number of amides is 2. The second-order valence-corrected chi connectivity index (χ2v) is 8.27. The highest BCUT2D eigenvalue weighted by Gasteiger charge is 2.34. The van der Waals surface area contributed by atoms with Crippen LogP contribution in [0.5, 0.6) is 11.5 Å². The number of ether oxygens (including phenoxy) is 2. The Morgan fingerprint density at radius 1 is 1.17 bits per heavy atom. The van der Waals surface area contributed by atoms with Crippen LogP contribution in [0.3, 0.4) is 0 Å². The molecule has 3 rings (SSSR count). The van der Waals surface area contributed by atoms with Gasteiger partial charge in [-0.2, -0.15) is 0 Å². The molecule has 1 heterocycles. The van der Waals surface area contributed by atoms with Crippen LogP contribution in [0.4, 0.5) is 4.79 Å². The average Bonchev–Trinajstić information content (AvgIpc) is 2.95. The summed E-state index contributed by atoms with van der Waals surface area (Å²) in [5.41, 5.74) is 1.30. The number of hydrogen-bond donors (Lipinski definition) is 0. The van der Waals surface area contributed by atoms with E-state index in [1.54, 1.807) is 36.4 Å². The largest absolute Gasteiger partial charge is 0.493 e. The summed E-state index contributed by atoms with van der Waals surface area (Å²) in [6.45, 7) is 0.0720. The Morgan fingerprint density at radius 2 is 1.93 bits per heavy atom. The lowest BCUT2D eigenvalue weighted by atomic mass is 10.1. The number of halogens is 3. The number of nitrogens with zero attached hydrogens (tertiary/aromatic N) is 1. The van der Waals surface area contributed by atoms with Crippen LogP contribution < -0.4 is 9.47 Å². The molecule has 1 saturated heterocycles. The maximum Gasteiger partial charge on any atom is 0.294 e. The highest BCUT2D eigenvalue weighted by atomic mass is 35.5. The van der Waals surface area contributed by atoms with E-state index in [1.165, 1.54) is 7.11 Å². The zero-order valence-electron chi connectivity index (χ0n) is 15.6. The van der Waals surface area contributed by atoms with Gasteiger partial charge in [0.2, 0.25) is 0 Å². The topological polar surface area (TPSA) is 55.8 Å². The van der Waals surface area contributed by atoms with E-state index in [0.717, 1.165) is 22.2 Å². The molecular formula is C21H14Cl3NO4S. The summed E-state index contributed by atoms with van der Waals surface area (Å²) < 4.78 is 11.2. The zero-order chi connectivity index (χ0) is 21.8. The van der Waals surface area contributed by atoms with Gasteiger partial charge in [-0.15, -0.1) is 6.42 Å². The molecule has 2 amide bonds. The van der Waals surface area contributed by atoms with Crippen LogP contribution in [0.2, 0.25) is 15.1 Å². The maximum absolute atomic E-state index is 12.3. The summed E-state index contributed by atoms with van der Waals surface area (Å²) >= 11 is 19.3. The molecule has 1 aliphatic rings. The van der Waals surface area contributed by atoms with Crippen molar-refractivity contribution in [3.8, 4) is 23.8 Å². The fourth-order valence-corrected chi connectivity index (χ4v) is 4.21. The Labute approximate surface area is 192 Å². The van der Waals surface area contributed by atoms with Gasteiger partial charge in [-0.25, -0.2) is 0 Å². The molecule has 1 aliphatic heterocycles. The van der Waals surface area contributed by atoms with Crippen molar-refractivity contribution >= 4 is 63.8 Å². The van der Waals surface area contributed by atoms with Gasteiger partial charge >= 0.3 is 0 Å². The molecule has 9 heteroatoms. The van der Waals surface area contributed by atoms with Crippen LogP contribution in [0, 0.1) is 12.3 Å². The number of methoxy groups -OCH3 is 1. The number of thioether (sulfide) groups is 1. The van der Waals surface area contributed by atoms with E-state index in [0.29, 0.717) is 27.1 Å². The van der Waals surface area contributed by atoms with Crippen LogP contribution in [0.15, 0.2) is 35.2 Å². The summed E-state index contributed by atoms with van der Waals surface area (Å²) in [4.78, 5) is 25.5. The predicted molar refractivity (Wildman–Crippen MR) is 120 cm³/mol. The van der Waals surface area contributed by atoms with Crippen molar-refractivity contribution in [3.63, 3.8) is 0 Å². The van der Waals surface area contributed by atoms with Crippen molar-refractivity contribution < 1.29 is 19.1 Å². The van der Waals surface area contributed by atoms with Crippen molar-refractivity contribution in [3.05, 3.63) is 61.4 Å². The number of carbonyl (C=O) groups is 2. The Bertz CT molecular complexity index is 1090.